The summed E-state index contributed by atoms with van der Waals surface area (Å²) in [5.41, 5.74) is -0.0329. The third-order valence-electron chi connectivity index (χ3n) is 4.00. The Morgan fingerprint density at radius 2 is 2.08 bits per heavy atom. The molecule has 1 atom stereocenters. The molecule has 1 fully saturated rings. The molecule has 0 amide bonds. The predicted octanol–water partition coefficient (Wildman–Crippen LogP) is 0.309. The number of nitrogens with zero attached hydrogens (tertiary/aromatic N) is 3. The van der Waals surface area contributed by atoms with Crippen LogP contribution in [0.25, 0.3) is 0 Å². The zero-order chi connectivity index (χ0) is 16.9. The van der Waals surface area contributed by atoms with Crippen molar-refractivity contribution >= 4 is 0 Å². The molecule has 0 radical (unpaired) electrons. The van der Waals surface area contributed by atoms with Gasteiger partial charge < -0.3 is 4.74 Å². The number of morpholine rings is 1. The molecule has 2 aromatic rings. The summed E-state index contributed by atoms with van der Waals surface area (Å²) in [6, 6.07) is 12.0. The fourth-order valence-corrected chi connectivity index (χ4v) is 2.82. The molecule has 1 aliphatic heterocycles. The Bertz CT molecular complexity index is 851. The largest absolute Gasteiger partial charge is 0.374 e. The molecule has 0 bridgehead atoms. The van der Waals surface area contributed by atoms with Gasteiger partial charge >= 0.3 is 5.69 Å². The highest BCUT2D eigenvalue weighted by molar-refractivity contribution is 5.21. The van der Waals surface area contributed by atoms with Crippen molar-refractivity contribution in [1.29, 1.82) is 5.26 Å². The van der Waals surface area contributed by atoms with Gasteiger partial charge in [0.05, 0.1) is 19.3 Å². The Hall–Kier alpha value is -2.69. The minimum atomic E-state index is -0.658. The highest BCUT2D eigenvalue weighted by Gasteiger charge is 2.21. The van der Waals surface area contributed by atoms with Gasteiger partial charge in [0.15, 0.2) is 0 Å². The maximum atomic E-state index is 11.9. The first kappa shape index (κ1) is 16.2. The second kappa shape index (κ2) is 7.25. The van der Waals surface area contributed by atoms with E-state index in [0.717, 1.165) is 13.1 Å². The molecule has 0 unspecified atom stereocenters. The number of rotatable bonds is 4. The summed E-state index contributed by atoms with van der Waals surface area (Å²) in [5.74, 6) is 0. The average molecular weight is 326 g/mol. The Labute approximate surface area is 138 Å². The molecule has 7 heteroatoms. The Balaban J connectivity index is 1.69. The van der Waals surface area contributed by atoms with Gasteiger partial charge in [-0.3, -0.25) is 19.2 Å². The van der Waals surface area contributed by atoms with Crippen LogP contribution in [-0.2, 0) is 17.8 Å². The Kier molecular flexibility index (Phi) is 4.89. The molecule has 0 spiro atoms. The molecule has 3 rings (SSSR count). The topological polar surface area (TPSA) is 91.1 Å². The average Bonchev–Trinajstić information content (AvgIpc) is 2.58. The molecule has 0 saturated carbocycles. The number of ether oxygens (including phenoxy) is 1. The summed E-state index contributed by atoms with van der Waals surface area (Å²) < 4.78 is 7.06. The molecule has 2 heterocycles. The molecular formula is C17H18N4O3. The van der Waals surface area contributed by atoms with E-state index in [1.165, 1.54) is 16.3 Å². The van der Waals surface area contributed by atoms with Crippen molar-refractivity contribution in [3.8, 4) is 6.07 Å². The number of H-pyrrole nitrogens is 1. The first-order valence-electron chi connectivity index (χ1n) is 7.77. The van der Waals surface area contributed by atoms with E-state index in [9.17, 15) is 9.59 Å². The van der Waals surface area contributed by atoms with E-state index < -0.39 is 11.2 Å². The summed E-state index contributed by atoms with van der Waals surface area (Å²) in [4.78, 5) is 27.8. The van der Waals surface area contributed by atoms with Gasteiger partial charge in [-0.2, -0.15) is 5.26 Å². The third-order valence-corrected chi connectivity index (χ3v) is 4.00. The van der Waals surface area contributed by atoms with Gasteiger partial charge in [-0.15, -0.1) is 0 Å². The number of benzene rings is 1. The van der Waals surface area contributed by atoms with E-state index in [-0.39, 0.29) is 11.7 Å². The van der Waals surface area contributed by atoms with Crippen molar-refractivity contribution in [2.75, 3.05) is 19.7 Å². The lowest BCUT2D eigenvalue weighted by molar-refractivity contribution is -0.0393. The van der Waals surface area contributed by atoms with Gasteiger partial charge in [0.2, 0.25) is 0 Å². The summed E-state index contributed by atoms with van der Waals surface area (Å²) in [6.45, 7) is 3.22. The Morgan fingerprint density at radius 1 is 1.29 bits per heavy atom. The first-order chi connectivity index (χ1) is 11.7. The normalized spacial score (nSPS) is 18.2. The van der Waals surface area contributed by atoms with Gasteiger partial charge in [0, 0.05) is 25.8 Å². The molecule has 1 aromatic heterocycles. The van der Waals surface area contributed by atoms with Gasteiger partial charge in [-0.05, 0) is 5.56 Å². The van der Waals surface area contributed by atoms with Crippen LogP contribution in [0.2, 0.25) is 0 Å². The van der Waals surface area contributed by atoms with E-state index >= 15 is 0 Å². The SMILES string of the molecule is N#Cc1cn(C[C@H]2CN(Cc3ccccc3)CCO2)c(=O)[nH]c1=O. The zero-order valence-corrected chi connectivity index (χ0v) is 13.1. The van der Waals surface area contributed by atoms with Crippen molar-refractivity contribution in [2.24, 2.45) is 0 Å². The fourth-order valence-electron chi connectivity index (χ4n) is 2.82. The van der Waals surface area contributed by atoms with Crippen molar-refractivity contribution < 1.29 is 4.74 Å². The number of nitriles is 1. The van der Waals surface area contributed by atoms with E-state index in [4.69, 9.17) is 10.00 Å². The van der Waals surface area contributed by atoms with Gasteiger partial charge in [0.1, 0.15) is 11.6 Å². The van der Waals surface area contributed by atoms with Crippen LogP contribution in [0.3, 0.4) is 0 Å². The number of aromatic nitrogens is 2. The molecule has 1 N–H and O–H groups in total. The zero-order valence-electron chi connectivity index (χ0n) is 13.1. The smallest absolute Gasteiger partial charge is 0.328 e. The minimum Gasteiger partial charge on any atom is -0.374 e. The van der Waals surface area contributed by atoms with Crippen LogP contribution >= 0.6 is 0 Å². The van der Waals surface area contributed by atoms with Crippen LogP contribution in [0.5, 0.6) is 0 Å². The van der Waals surface area contributed by atoms with Crippen LogP contribution < -0.4 is 11.2 Å². The van der Waals surface area contributed by atoms with Gasteiger partial charge in [-0.25, -0.2) is 4.79 Å². The van der Waals surface area contributed by atoms with E-state index in [2.05, 4.69) is 22.0 Å². The molecule has 24 heavy (non-hydrogen) atoms. The maximum Gasteiger partial charge on any atom is 0.328 e. The molecule has 0 aliphatic carbocycles. The van der Waals surface area contributed by atoms with Crippen molar-refractivity contribution in [3.63, 3.8) is 0 Å². The number of aromatic amines is 1. The van der Waals surface area contributed by atoms with Crippen LogP contribution in [0.4, 0.5) is 0 Å². The standard InChI is InChI=1S/C17H18N4O3/c18-8-14-10-21(17(23)19-16(14)22)12-15-11-20(6-7-24-15)9-13-4-2-1-3-5-13/h1-5,10,15H,6-7,9,11-12H2,(H,19,22,23)/t15-/m1/s1. The van der Waals surface area contributed by atoms with Crippen LogP contribution in [0, 0.1) is 11.3 Å². The second-order valence-corrected chi connectivity index (χ2v) is 5.78. The van der Waals surface area contributed by atoms with Gasteiger partial charge in [-0.1, -0.05) is 30.3 Å². The number of nitrogens with one attached hydrogen (secondary N) is 1. The van der Waals surface area contributed by atoms with Crippen LogP contribution in [0.15, 0.2) is 46.1 Å². The van der Waals surface area contributed by atoms with Gasteiger partial charge in [0.25, 0.3) is 5.56 Å². The van der Waals surface area contributed by atoms with Crippen molar-refractivity contribution in [3.05, 3.63) is 68.5 Å². The summed E-state index contributed by atoms with van der Waals surface area (Å²) in [7, 11) is 0. The molecule has 1 aromatic carbocycles. The van der Waals surface area contributed by atoms with Crippen molar-refractivity contribution in [1.82, 2.24) is 14.5 Å². The minimum absolute atomic E-state index is 0.0773. The molecule has 1 saturated heterocycles. The predicted molar refractivity (Wildman–Crippen MR) is 87.5 cm³/mol. The monoisotopic (exact) mass is 326 g/mol. The lowest BCUT2D eigenvalue weighted by Gasteiger charge is -2.33. The number of hydrogen-bond donors (Lipinski definition) is 1. The summed E-state index contributed by atoms with van der Waals surface area (Å²) in [5, 5.41) is 8.92. The van der Waals surface area contributed by atoms with E-state index in [0.29, 0.717) is 19.7 Å². The van der Waals surface area contributed by atoms with E-state index in [1.807, 2.05) is 18.2 Å². The summed E-state index contributed by atoms with van der Waals surface area (Å²) in [6.07, 6.45) is 1.12. The van der Waals surface area contributed by atoms with Crippen molar-refractivity contribution in [2.45, 2.75) is 19.2 Å². The molecular weight excluding hydrogens is 308 g/mol. The molecule has 1 aliphatic rings. The number of hydrogen-bond acceptors (Lipinski definition) is 5. The second-order valence-electron chi connectivity index (χ2n) is 5.78. The lowest BCUT2D eigenvalue weighted by Crippen LogP contribution is -2.45. The highest BCUT2D eigenvalue weighted by atomic mass is 16.5. The Morgan fingerprint density at radius 3 is 2.83 bits per heavy atom. The molecule has 7 nitrogen and oxygen atoms in total. The van der Waals surface area contributed by atoms with Crippen LogP contribution in [-0.4, -0.2) is 40.3 Å². The van der Waals surface area contributed by atoms with E-state index in [1.54, 1.807) is 6.07 Å². The molecule has 124 valence electrons. The quantitative estimate of drug-likeness (QED) is 0.873. The fraction of sp³-hybridized carbons (Fsp3) is 0.353. The summed E-state index contributed by atoms with van der Waals surface area (Å²) >= 11 is 0. The first-order valence-corrected chi connectivity index (χ1v) is 7.77. The maximum absolute atomic E-state index is 11.9. The highest BCUT2D eigenvalue weighted by Crippen LogP contribution is 2.11. The lowest BCUT2D eigenvalue weighted by atomic mass is 10.2. The van der Waals surface area contributed by atoms with Crippen LogP contribution in [0.1, 0.15) is 11.1 Å². The third kappa shape index (κ3) is 3.79.